The van der Waals surface area contributed by atoms with Gasteiger partial charge in [0.05, 0.1) is 0 Å². The maximum absolute atomic E-state index is 12.0. The standard InChI is InChI=1S/C11H17N3O3/c1-13(2)10-4-14(3-8(10)5-15)11(16)9-6-17-7-12-9/h6-8,10,15H,3-5H2,1-2H3/t8-,10+/m0/s1. The van der Waals surface area contributed by atoms with Gasteiger partial charge in [0.15, 0.2) is 12.1 Å². The number of rotatable bonds is 3. The summed E-state index contributed by atoms with van der Waals surface area (Å²) in [5, 5.41) is 9.32. The summed E-state index contributed by atoms with van der Waals surface area (Å²) < 4.78 is 4.80. The molecule has 0 bridgehead atoms. The molecule has 0 aromatic carbocycles. The molecule has 94 valence electrons. The summed E-state index contributed by atoms with van der Waals surface area (Å²) in [6.45, 7) is 1.26. The van der Waals surface area contributed by atoms with E-state index in [1.54, 1.807) is 4.90 Å². The Morgan fingerprint density at radius 2 is 2.41 bits per heavy atom. The Hall–Kier alpha value is -1.40. The molecule has 0 saturated carbocycles. The summed E-state index contributed by atoms with van der Waals surface area (Å²) >= 11 is 0. The van der Waals surface area contributed by atoms with Gasteiger partial charge in [-0.25, -0.2) is 4.98 Å². The molecule has 0 unspecified atom stereocenters. The molecule has 0 radical (unpaired) electrons. The lowest BCUT2D eigenvalue weighted by atomic mass is 10.0. The SMILES string of the molecule is CN(C)[C@@H]1CN(C(=O)c2cocn2)C[C@H]1CO. The van der Waals surface area contributed by atoms with Crippen molar-refractivity contribution < 1.29 is 14.3 Å². The highest BCUT2D eigenvalue weighted by atomic mass is 16.3. The molecule has 0 spiro atoms. The summed E-state index contributed by atoms with van der Waals surface area (Å²) in [5.74, 6) is -0.0394. The van der Waals surface area contributed by atoms with Crippen molar-refractivity contribution in [2.45, 2.75) is 6.04 Å². The topological polar surface area (TPSA) is 69.8 Å². The Kier molecular flexibility index (Phi) is 3.44. The fourth-order valence-electron chi connectivity index (χ4n) is 2.26. The third-order valence-corrected chi connectivity index (χ3v) is 3.24. The van der Waals surface area contributed by atoms with Crippen molar-refractivity contribution in [2.24, 2.45) is 5.92 Å². The van der Waals surface area contributed by atoms with Gasteiger partial charge >= 0.3 is 0 Å². The second kappa shape index (κ2) is 4.85. The van der Waals surface area contributed by atoms with E-state index in [2.05, 4.69) is 4.98 Å². The number of aliphatic hydroxyl groups excluding tert-OH is 1. The fourth-order valence-corrected chi connectivity index (χ4v) is 2.26. The third-order valence-electron chi connectivity index (χ3n) is 3.24. The van der Waals surface area contributed by atoms with Crippen LogP contribution >= 0.6 is 0 Å². The number of aliphatic hydroxyl groups is 1. The zero-order valence-electron chi connectivity index (χ0n) is 10.0. The number of aromatic nitrogens is 1. The second-order valence-corrected chi connectivity index (χ2v) is 4.56. The highest BCUT2D eigenvalue weighted by Crippen LogP contribution is 2.21. The van der Waals surface area contributed by atoms with Gasteiger partial charge in [-0.3, -0.25) is 4.79 Å². The van der Waals surface area contributed by atoms with Crippen LogP contribution in [-0.2, 0) is 0 Å². The maximum atomic E-state index is 12.0. The Labute approximate surface area is 99.8 Å². The maximum Gasteiger partial charge on any atom is 0.275 e. The molecule has 1 fully saturated rings. The molecule has 2 rings (SSSR count). The zero-order chi connectivity index (χ0) is 12.4. The number of oxazole rings is 1. The van der Waals surface area contributed by atoms with Gasteiger partial charge in [-0.15, -0.1) is 0 Å². The number of amides is 1. The summed E-state index contributed by atoms with van der Waals surface area (Å²) in [6, 6.07) is 0.191. The monoisotopic (exact) mass is 239 g/mol. The molecule has 1 aliphatic rings. The van der Waals surface area contributed by atoms with Crippen molar-refractivity contribution >= 4 is 5.91 Å². The van der Waals surface area contributed by atoms with Crippen LogP contribution < -0.4 is 0 Å². The molecule has 1 aliphatic heterocycles. The van der Waals surface area contributed by atoms with Crippen LogP contribution in [-0.4, -0.2) is 65.6 Å². The molecule has 1 aromatic rings. The largest absolute Gasteiger partial charge is 0.451 e. The van der Waals surface area contributed by atoms with Crippen molar-refractivity contribution in [3.05, 3.63) is 18.4 Å². The number of carbonyl (C=O) groups is 1. The number of likely N-dealkylation sites (N-methyl/N-ethyl adjacent to an activating group) is 1. The van der Waals surface area contributed by atoms with Crippen LogP contribution in [0.5, 0.6) is 0 Å². The molecule has 1 N–H and O–H groups in total. The molecule has 2 heterocycles. The number of likely N-dealkylation sites (tertiary alicyclic amines) is 1. The van der Waals surface area contributed by atoms with E-state index in [-0.39, 0.29) is 24.5 Å². The highest BCUT2D eigenvalue weighted by Gasteiger charge is 2.36. The minimum Gasteiger partial charge on any atom is -0.451 e. The molecule has 1 amide bonds. The van der Waals surface area contributed by atoms with Crippen molar-refractivity contribution in [2.75, 3.05) is 33.8 Å². The van der Waals surface area contributed by atoms with E-state index in [0.717, 1.165) is 0 Å². The highest BCUT2D eigenvalue weighted by molar-refractivity contribution is 5.92. The van der Waals surface area contributed by atoms with Crippen molar-refractivity contribution in [3.63, 3.8) is 0 Å². The molecule has 1 aromatic heterocycles. The van der Waals surface area contributed by atoms with E-state index in [4.69, 9.17) is 4.42 Å². The van der Waals surface area contributed by atoms with Crippen molar-refractivity contribution in [3.8, 4) is 0 Å². The smallest absolute Gasteiger partial charge is 0.275 e. The zero-order valence-corrected chi connectivity index (χ0v) is 10.0. The minimum absolute atomic E-state index is 0.0887. The lowest BCUT2D eigenvalue weighted by Gasteiger charge is -2.23. The summed E-state index contributed by atoms with van der Waals surface area (Å²) in [5.41, 5.74) is 0.320. The number of hydrogen-bond acceptors (Lipinski definition) is 5. The number of carbonyl (C=O) groups excluding carboxylic acids is 1. The van der Waals surface area contributed by atoms with Crippen LogP contribution in [0.15, 0.2) is 17.1 Å². The van der Waals surface area contributed by atoms with E-state index in [1.165, 1.54) is 12.7 Å². The van der Waals surface area contributed by atoms with Crippen LogP contribution in [0, 0.1) is 5.92 Å². The first-order valence-corrected chi connectivity index (χ1v) is 5.58. The summed E-state index contributed by atoms with van der Waals surface area (Å²) in [6.07, 6.45) is 2.59. The predicted octanol–water partition coefficient (Wildman–Crippen LogP) is -0.331. The molecule has 6 nitrogen and oxygen atoms in total. The van der Waals surface area contributed by atoms with E-state index >= 15 is 0 Å². The molecular formula is C11H17N3O3. The fraction of sp³-hybridized carbons (Fsp3) is 0.636. The summed E-state index contributed by atoms with van der Waals surface area (Å²) in [4.78, 5) is 19.6. The Bertz CT molecular complexity index is 377. The quantitative estimate of drug-likeness (QED) is 0.782. The Morgan fingerprint density at radius 3 is 2.88 bits per heavy atom. The van der Waals surface area contributed by atoms with Crippen molar-refractivity contribution in [1.82, 2.24) is 14.8 Å². The van der Waals surface area contributed by atoms with Gasteiger partial charge in [-0.2, -0.15) is 0 Å². The molecule has 1 saturated heterocycles. The first-order valence-electron chi connectivity index (χ1n) is 5.58. The van der Waals surface area contributed by atoms with Crippen LogP contribution in [0.4, 0.5) is 0 Å². The molecule has 2 atom stereocenters. The van der Waals surface area contributed by atoms with Gasteiger partial charge < -0.3 is 19.3 Å². The van der Waals surface area contributed by atoms with E-state index in [1.807, 2.05) is 19.0 Å². The average molecular weight is 239 g/mol. The number of nitrogens with zero attached hydrogens (tertiary/aromatic N) is 3. The van der Waals surface area contributed by atoms with Gasteiger partial charge in [-0.05, 0) is 14.1 Å². The van der Waals surface area contributed by atoms with E-state index in [0.29, 0.717) is 18.8 Å². The Balaban J connectivity index is 2.07. The van der Waals surface area contributed by atoms with Gasteiger partial charge in [0.1, 0.15) is 6.26 Å². The van der Waals surface area contributed by atoms with E-state index < -0.39 is 0 Å². The van der Waals surface area contributed by atoms with Crippen molar-refractivity contribution in [1.29, 1.82) is 0 Å². The first-order chi connectivity index (χ1) is 8.13. The van der Waals surface area contributed by atoms with Gasteiger partial charge in [-0.1, -0.05) is 0 Å². The summed E-state index contributed by atoms with van der Waals surface area (Å²) in [7, 11) is 3.91. The molecule has 6 heteroatoms. The normalized spacial score (nSPS) is 24.6. The minimum atomic E-state index is -0.137. The average Bonchev–Trinajstić information content (AvgIpc) is 2.97. The lowest BCUT2D eigenvalue weighted by Crippen LogP contribution is -2.37. The van der Waals surface area contributed by atoms with Gasteiger partial charge in [0.25, 0.3) is 5.91 Å². The van der Waals surface area contributed by atoms with Gasteiger partial charge in [0, 0.05) is 31.7 Å². The Morgan fingerprint density at radius 1 is 1.65 bits per heavy atom. The molecule has 0 aliphatic carbocycles. The van der Waals surface area contributed by atoms with Crippen LogP contribution in [0.1, 0.15) is 10.5 Å². The number of hydrogen-bond donors (Lipinski definition) is 1. The molecule has 17 heavy (non-hydrogen) atoms. The predicted molar refractivity (Wildman–Crippen MR) is 60.5 cm³/mol. The first kappa shape index (κ1) is 12.1. The third kappa shape index (κ3) is 2.32. The van der Waals surface area contributed by atoms with Crippen LogP contribution in [0.2, 0.25) is 0 Å². The van der Waals surface area contributed by atoms with Crippen LogP contribution in [0.3, 0.4) is 0 Å². The van der Waals surface area contributed by atoms with Gasteiger partial charge in [0.2, 0.25) is 0 Å². The van der Waals surface area contributed by atoms with E-state index in [9.17, 15) is 9.90 Å². The lowest BCUT2D eigenvalue weighted by molar-refractivity contribution is 0.0773. The molecular weight excluding hydrogens is 222 g/mol. The second-order valence-electron chi connectivity index (χ2n) is 4.56. The van der Waals surface area contributed by atoms with Crippen LogP contribution in [0.25, 0.3) is 0 Å².